The maximum Gasteiger partial charge on any atom is 0.260 e. The van der Waals surface area contributed by atoms with Crippen LogP contribution in [0.25, 0.3) is 10.9 Å². The van der Waals surface area contributed by atoms with E-state index in [4.69, 9.17) is 16.3 Å². The molecule has 0 unspecified atom stereocenters. The van der Waals surface area contributed by atoms with Crippen LogP contribution in [-0.2, 0) is 4.79 Å². The van der Waals surface area contributed by atoms with E-state index in [2.05, 4.69) is 9.88 Å². The van der Waals surface area contributed by atoms with E-state index in [9.17, 15) is 4.79 Å². The number of piperidine rings is 1. The summed E-state index contributed by atoms with van der Waals surface area (Å²) in [5.41, 5.74) is 0.706. The first kappa shape index (κ1) is 16.6. The Morgan fingerprint density at radius 3 is 2.96 bits per heavy atom. The molecule has 2 fully saturated rings. The average Bonchev–Trinajstić information content (AvgIpc) is 2.67. The topological polar surface area (TPSA) is 42.4 Å². The van der Waals surface area contributed by atoms with E-state index >= 15 is 0 Å². The number of hydrogen-bond donors (Lipinski definition) is 0. The van der Waals surface area contributed by atoms with Gasteiger partial charge in [0.25, 0.3) is 5.91 Å². The van der Waals surface area contributed by atoms with Crippen molar-refractivity contribution in [3.05, 3.63) is 35.5 Å². The molecule has 1 saturated carbocycles. The maximum absolute atomic E-state index is 12.8. The first-order valence-electron chi connectivity index (χ1n) is 9.19. The van der Waals surface area contributed by atoms with Crippen molar-refractivity contribution < 1.29 is 9.53 Å². The largest absolute Gasteiger partial charge is 0.481 e. The van der Waals surface area contributed by atoms with Crippen LogP contribution >= 0.6 is 11.6 Å². The van der Waals surface area contributed by atoms with Gasteiger partial charge in [0.15, 0.2) is 6.61 Å². The summed E-state index contributed by atoms with van der Waals surface area (Å²) in [6.07, 6.45) is 9.03. The van der Waals surface area contributed by atoms with Crippen molar-refractivity contribution >= 4 is 28.4 Å². The molecule has 0 spiro atoms. The second kappa shape index (κ2) is 7.20. The van der Waals surface area contributed by atoms with Gasteiger partial charge in [-0.3, -0.25) is 9.78 Å². The monoisotopic (exact) mass is 358 g/mol. The summed E-state index contributed by atoms with van der Waals surface area (Å²) in [5, 5.41) is 1.49. The van der Waals surface area contributed by atoms with Crippen molar-refractivity contribution in [2.45, 2.75) is 44.6 Å². The van der Waals surface area contributed by atoms with Gasteiger partial charge >= 0.3 is 0 Å². The highest BCUT2D eigenvalue weighted by Crippen LogP contribution is 2.35. The van der Waals surface area contributed by atoms with E-state index < -0.39 is 0 Å². The molecular weight excluding hydrogens is 336 g/mol. The lowest BCUT2D eigenvalue weighted by Crippen LogP contribution is -2.51. The Kier molecular flexibility index (Phi) is 4.80. The highest BCUT2D eigenvalue weighted by Gasteiger charge is 2.35. The Morgan fingerprint density at radius 2 is 2.04 bits per heavy atom. The summed E-state index contributed by atoms with van der Waals surface area (Å²) in [7, 11) is 0. The number of carbonyl (C=O) groups excluding carboxylic acids is 1. The van der Waals surface area contributed by atoms with Crippen LogP contribution in [-0.4, -0.2) is 35.0 Å². The molecule has 1 saturated heterocycles. The zero-order chi connectivity index (χ0) is 17.2. The minimum Gasteiger partial charge on any atom is -0.481 e. The van der Waals surface area contributed by atoms with Crippen molar-refractivity contribution in [1.29, 1.82) is 0 Å². The van der Waals surface area contributed by atoms with Crippen LogP contribution < -0.4 is 4.74 Å². The number of pyridine rings is 1. The quantitative estimate of drug-likeness (QED) is 0.814. The number of rotatable bonds is 3. The van der Waals surface area contributed by atoms with Crippen LogP contribution in [0.3, 0.4) is 0 Å². The molecule has 2 atom stereocenters. The minimum atomic E-state index is 0.0660. The lowest BCUT2D eigenvalue weighted by Gasteiger charge is -2.44. The molecule has 5 heteroatoms. The van der Waals surface area contributed by atoms with Gasteiger partial charge in [-0.25, -0.2) is 0 Å². The number of halogens is 1. The molecule has 1 aliphatic heterocycles. The van der Waals surface area contributed by atoms with Gasteiger partial charge in [-0.1, -0.05) is 24.4 Å². The molecule has 4 nitrogen and oxygen atoms in total. The molecule has 1 aromatic carbocycles. The van der Waals surface area contributed by atoms with Crippen molar-refractivity contribution in [1.82, 2.24) is 9.88 Å². The van der Waals surface area contributed by atoms with E-state index in [1.54, 1.807) is 18.3 Å². The minimum absolute atomic E-state index is 0.0660. The van der Waals surface area contributed by atoms with E-state index in [1.165, 1.54) is 25.7 Å². The van der Waals surface area contributed by atoms with Crippen LogP contribution in [0.4, 0.5) is 0 Å². The van der Waals surface area contributed by atoms with E-state index in [-0.39, 0.29) is 12.5 Å². The smallest absolute Gasteiger partial charge is 0.260 e. The van der Waals surface area contributed by atoms with Crippen LogP contribution in [0.1, 0.15) is 38.5 Å². The van der Waals surface area contributed by atoms with Gasteiger partial charge < -0.3 is 9.64 Å². The SMILES string of the molecule is O=C(COc1ccc(Cl)c2cccnc12)N1CCC[C@H]2CCCC[C@@H]21. The van der Waals surface area contributed by atoms with Crippen LogP contribution in [0.5, 0.6) is 5.75 Å². The molecular formula is C20H23ClN2O2. The number of carbonyl (C=O) groups is 1. The van der Waals surface area contributed by atoms with Gasteiger partial charge in [0, 0.05) is 24.2 Å². The summed E-state index contributed by atoms with van der Waals surface area (Å²) in [6.45, 7) is 0.930. The second-order valence-corrected chi connectivity index (χ2v) is 7.48. The predicted molar refractivity (Wildman–Crippen MR) is 98.9 cm³/mol. The van der Waals surface area contributed by atoms with E-state index in [0.717, 1.165) is 24.8 Å². The van der Waals surface area contributed by atoms with Crippen molar-refractivity contribution in [3.63, 3.8) is 0 Å². The van der Waals surface area contributed by atoms with Crippen LogP contribution in [0.15, 0.2) is 30.5 Å². The third-order valence-electron chi connectivity index (χ3n) is 5.59. The number of benzene rings is 1. The fourth-order valence-electron chi connectivity index (χ4n) is 4.39. The molecule has 2 heterocycles. The summed E-state index contributed by atoms with van der Waals surface area (Å²) in [5.74, 6) is 1.39. The molecule has 1 amide bonds. The highest BCUT2D eigenvalue weighted by molar-refractivity contribution is 6.35. The predicted octanol–water partition coefficient (Wildman–Crippen LogP) is 4.45. The summed E-state index contributed by atoms with van der Waals surface area (Å²) < 4.78 is 5.86. The summed E-state index contributed by atoms with van der Waals surface area (Å²) in [6, 6.07) is 7.77. The van der Waals surface area contributed by atoms with Crippen molar-refractivity contribution in [2.75, 3.05) is 13.2 Å². The number of ether oxygens (including phenoxy) is 1. The molecule has 132 valence electrons. The van der Waals surface area contributed by atoms with Crippen LogP contribution in [0.2, 0.25) is 5.02 Å². The molecule has 1 aliphatic carbocycles. The number of amides is 1. The molecule has 4 rings (SSSR count). The zero-order valence-electron chi connectivity index (χ0n) is 14.3. The van der Waals surface area contributed by atoms with Crippen molar-refractivity contribution in [2.24, 2.45) is 5.92 Å². The Bertz CT molecular complexity index is 777. The van der Waals surface area contributed by atoms with Gasteiger partial charge in [0.1, 0.15) is 11.3 Å². The lowest BCUT2D eigenvalue weighted by molar-refractivity contribution is -0.139. The van der Waals surface area contributed by atoms with Crippen LogP contribution in [0, 0.1) is 5.92 Å². The number of nitrogens with zero attached hydrogens (tertiary/aromatic N) is 2. The van der Waals surface area contributed by atoms with E-state index in [0.29, 0.717) is 28.2 Å². The van der Waals surface area contributed by atoms with Gasteiger partial charge in [-0.05, 0) is 55.9 Å². The average molecular weight is 359 g/mol. The molecule has 2 aromatic rings. The Labute approximate surface area is 153 Å². The van der Waals surface area contributed by atoms with Gasteiger partial charge in [-0.15, -0.1) is 0 Å². The molecule has 2 aliphatic rings. The Hall–Kier alpha value is -1.81. The molecule has 25 heavy (non-hydrogen) atoms. The zero-order valence-corrected chi connectivity index (χ0v) is 15.0. The van der Waals surface area contributed by atoms with Crippen molar-refractivity contribution in [3.8, 4) is 5.75 Å². The Balaban J connectivity index is 1.48. The fourth-order valence-corrected chi connectivity index (χ4v) is 4.60. The first-order valence-corrected chi connectivity index (χ1v) is 9.57. The molecule has 0 bridgehead atoms. The van der Waals surface area contributed by atoms with E-state index in [1.807, 2.05) is 12.1 Å². The van der Waals surface area contributed by atoms with Gasteiger partial charge in [0.05, 0.1) is 5.02 Å². The molecule has 0 N–H and O–H groups in total. The number of likely N-dealkylation sites (tertiary alicyclic amines) is 1. The molecule has 0 radical (unpaired) electrons. The highest BCUT2D eigenvalue weighted by atomic mass is 35.5. The van der Waals surface area contributed by atoms with Gasteiger partial charge in [0.2, 0.25) is 0 Å². The normalized spacial score (nSPS) is 23.3. The van der Waals surface area contributed by atoms with Gasteiger partial charge in [-0.2, -0.15) is 0 Å². The molecule has 1 aromatic heterocycles. The third kappa shape index (κ3) is 3.32. The standard InChI is InChI=1S/C20H23ClN2O2/c21-16-9-10-18(20-15(16)7-3-11-22-20)25-13-19(24)23-12-4-6-14-5-1-2-8-17(14)23/h3,7,9-11,14,17H,1-2,4-6,8,12-13H2/t14-,17+/m1/s1. The fraction of sp³-hybridized carbons (Fsp3) is 0.500. The number of aromatic nitrogens is 1. The lowest BCUT2D eigenvalue weighted by atomic mass is 9.78. The summed E-state index contributed by atoms with van der Waals surface area (Å²) in [4.78, 5) is 19.2. The first-order chi connectivity index (χ1) is 12.2. The number of fused-ring (bicyclic) bond motifs is 2. The summed E-state index contributed by atoms with van der Waals surface area (Å²) >= 11 is 6.22. The second-order valence-electron chi connectivity index (χ2n) is 7.08. The number of hydrogen-bond acceptors (Lipinski definition) is 3. The third-order valence-corrected chi connectivity index (χ3v) is 5.92. The maximum atomic E-state index is 12.8. The Morgan fingerprint density at radius 1 is 1.20 bits per heavy atom.